The molecule has 0 radical (unpaired) electrons. The zero-order chi connectivity index (χ0) is 13.5. The lowest BCUT2D eigenvalue weighted by molar-refractivity contribution is 0.211. The van der Waals surface area contributed by atoms with Gasteiger partial charge in [0.1, 0.15) is 0 Å². The van der Waals surface area contributed by atoms with Gasteiger partial charge in [0.25, 0.3) is 0 Å². The van der Waals surface area contributed by atoms with Crippen molar-refractivity contribution in [2.24, 2.45) is 17.8 Å². The Hall–Kier alpha value is -0.0400. The third-order valence-corrected chi connectivity index (χ3v) is 4.78. The highest BCUT2D eigenvalue weighted by Gasteiger charge is 2.22. The van der Waals surface area contributed by atoms with E-state index < -0.39 is 0 Å². The fourth-order valence-corrected chi connectivity index (χ4v) is 3.49. The van der Waals surface area contributed by atoms with Gasteiger partial charge < -0.3 is 5.32 Å². The van der Waals surface area contributed by atoms with Gasteiger partial charge in [-0.2, -0.15) is 0 Å². The molecule has 0 aliphatic heterocycles. The van der Waals surface area contributed by atoms with Gasteiger partial charge in [0, 0.05) is 12.1 Å². The summed E-state index contributed by atoms with van der Waals surface area (Å²) in [4.78, 5) is 0. The molecule has 1 nitrogen and oxygen atoms in total. The van der Waals surface area contributed by atoms with Gasteiger partial charge in [-0.25, -0.2) is 0 Å². The zero-order valence-electron chi connectivity index (χ0n) is 13.3. The molecule has 0 saturated heterocycles. The van der Waals surface area contributed by atoms with Crippen molar-refractivity contribution in [3.05, 3.63) is 0 Å². The normalized spacial score (nSPS) is 28.3. The molecule has 0 aromatic carbocycles. The highest BCUT2D eigenvalue weighted by atomic mass is 14.9. The summed E-state index contributed by atoms with van der Waals surface area (Å²) < 4.78 is 0. The Morgan fingerprint density at radius 2 is 1.56 bits per heavy atom. The summed E-state index contributed by atoms with van der Waals surface area (Å²) in [6.07, 6.45) is 10.1. The Morgan fingerprint density at radius 3 is 2.11 bits per heavy atom. The fraction of sp³-hybridized carbons (Fsp3) is 1.00. The van der Waals surface area contributed by atoms with E-state index in [1.807, 2.05) is 0 Å². The molecule has 1 aliphatic rings. The van der Waals surface area contributed by atoms with E-state index in [0.717, 1.165) is 17.8 Å². The van der Waals surface area contributed by atoms with Gasteiger partial charge in [0.05, 0.1) is 0 Å². The van der Waals surface area contributed by atoms with E-state index >= 15 is 0 Å². The van der Waals surface area contributed by atoms with Gasteiger partial charge in [-0.3, -0.25) is 0 Å². The van der Waals surface area contributed by atoms with E-state index in [4.69, 9.17) is 0 Å². The van der Waals surface area contributed by atoms with Crippen LogP contribution in [0.2, 0.25) is 0 Å². The Morgan fingerprint density at radius 1 is 0.944 bits per heavy atom. The van der Waals surface area contributed by atoms with Crippen LogP contribution in [0.15, 0.2) is 0 Å². The minimum absolute atomic E-state index is 0.622. The van der Waals surface area contributed by atoms with E-state index in [0.29, 0.717) is 12.1 Å². The fourth-order valence-electron chi connectivity index (χ4n) is 3.49. The number of rotatable bonds is 7. The number of nitrogens with one attached hydrogen (secondary N) is 1. The highest BCUT2D eigenvalue weighted by Crippen LogP contribution is 2.35. The SMILES string of the molecule is CC1CCC([C@H](C)CCC[C@@H](C)NC(C)C)CC1. The largest absolute Gasteiger partial charge is 0.312 e. The first-order chi connectivity index (χ1) is 8.49. The van der Waals surface area contributed by atoms with E-state index in [2.05, 4.69) is 39.9 Å². The molecular weight excluding hydrogens is 218 g/mol. The van der Waals surface area contributed by atoms with Gasteiger partial charge >= 0.3 is 0 Å². The maximum Gasteiger partial charge on any atom is 0.00410 e. The monoisotopic (exact) mass is 253 g/mol. The Balaban J connectivity index is 2.11. The first-order valence-corrected chi connectivity index (χ1v) is 8.25. The van der Waals surface area contributed by atoms with Crippen LogP contribution in [0.1, 0.15) is 79.6 Å². The number of hydrogen-bond acceptors (Lipinski definition) is 1. The number of hydrogen-bond donors (Lipinski definition) is 1. The van der Waals surface area contributed by atoms with E-state index in [1.165, 1.54) is 44.9 Å². The molecule has 18 heavy (non-hydrogen) atoms. The molecule has 1 saturated carbocycles. The quantitative estimate of drug-likeness (QED) is 0.673. The molecule has 1 N–H and O–H groups in total. The third-order valence-electron chi connectivity index (χ3n) is 4.78. The standard InChI is InChI=1S/C17H35N/c1-13(2)18-16(5)8-6-7-15(4)17-11-9-14(3)10-12-17/h13-18H,6-12H2,1-5H3/t14?,15-,16-,17?/m1/s1. The van der Waals surface area contributed by atoms with Crippen LogP contribution in [0.4, 0.5) is 0 Å². The lowest BCUT2D eigenvalue weighted by Crippen LogP contribution is -2.32. The van der Waals surface area contributed by atoms with Crippen molar-refractivity contribution >= 4 is 0 Å². The summed E-state index contributed by atoms with van der Waals surface area (Å²) in [5.74, 6) is 2.96. The molecule has 1 aliphatic carbocycles. The molecule has 108 valence electrons. The highest BCUT2D eigenvalue weighted by molar-refractivity contribution is 4.75. The van der Waals surface area contributed by atoms with Gasteiger partial charge in [-0.05, 0) is 43.9 Å². The Bertz CT molecular complexity index is 204. The van der Waals surface area contributed by atoms with Crippen molar-refractivity contribution < 1.29 is 0 Å². The second-order valence-corrected chi connectivity index (χ2v) is 7.15. The summed E-state index contributed by atoms with van der Waals surface area (Å²) in [5.41, 5.74) is 0. The van der Waals surface area contributed by atoms with Crippen molar-refractivity contribution in [2.45, 2.75) is 91.6 Å². The summed E-state index contributed by atoms with van der Waals surface area (Å²) >= 11 is 0. The van der Waals surface area contributed by atoms with Crippen molar-refractivity contribution in [3.63, 3.8) is 0 Å². The molecule has 0 unspecified atom stereocenters. The van der Waals surface area contributed by atoms with E-state index in [-0.39, 0.29) is 0 Å². The molecule has 0 spiro atoms. The summed E-state index contributed by atoms with van der Waals surface area (Å²) in [6, 6.07) is 1.31. The summed E-state index contributed by atoms with van der Waals surface area (Å²) in [7, 11) is 0. The predicted molar refractivity (Wildman–Crippen MR) is 81.9 cm³/mol. The van der Waals surface area contributed by atoms with E-state index in [1.54, 1.807) is 0 Å². The van der Waals surface area contributed by atoms with Crippen molar-refractivity contribution in [3.8, 4) is 0 Å². The van der Waals surface area contributed by atoms with Crippen molar-refractivity contribution in [2.75, 3.05) is 0 Å². The molecule has 0 bridgehead atoms. The summed E-state index contributed by atoms with van der Waals surface area (Å²) in [5, 5.41) is 3.60. The van der Waals surface area contributed by atoms with Crippen molar-refractivity contribution in [1.82, 2.24) is 5.32 Å². The van der Waals surface area contributed by atoms with Crippen molar-refractivity contribution in [1.29, 1.82) is 0 Å². The molecule has 1 fully saturated rings. The van der Waals surface area contributed by atoms with Gasteiger partial charge in [-0.15, -0.1) is 0 Å². The maximum absolute atomic E-state index is 3.60. The molecular formula is C17H35N. The topological polar surface area (TPSA) is 12.0 Å². The third kappa shape index (κ3) is 6.22. The molecule has 0 aromatic rings. The van der Waals surface area contributed by atoms with Crippen LogP contribution in [0.5, 0.6) is 0 Å². The van der Waals surface area contributed by atoms with Crippen LogP contribution in [0.3, 0.4) is 0 Å². The van der Waals surface area contributed by atoms with Crippen LogP contribution in [0.25, 0.3) is 0 Å². The molecule has 2 atom stereocenters. The maximum atomic E-state index is 3.60. The molecule has 1 heteroatoms. The first-order valence-electron chi connectivity index (χ1n) is 8.25. The van der Waals surface area contributed by atoms with Crippen LogP contribution in [0, 0.1) is 17.8 Å². The second kappa shape index (κ2) is 8.19. The van der Waals surface area contributed by atoms with Crippen LogP contribution >= 0.6 is 0 Å². The van der Waals surface area contributed by atoms with Gasteiger partial charge in [0.2, 0.25) is 0 Å². The minimum Gasteiger partial charge on any atom is -0.312 e. The predicted octanol–water partition coefficient (Wildman–Crippen LogP) is 5.01. The Kier molecular flexibility index (Phi) is 7.29. The summed E-state index contributed by atoms with van der Waals surface area (Å²) in [6.45, 7) is 11.7. The molecule has 0 amide bonds. The smallest absolute Gasteiger partial charge is 0.00410 e. The van der Waals surface area contributed by atoms with Crippen LogP contribution in [-0.4, -0.2) is 12.1 Å². The lowest BCUT2D eigenvalue weighted by atomic mass is 9.75. The van der Waals surface area contributed by atoms with Gasteiger partial charge in [-0.1, -0.05) is 53.4 Å². The second-order valence-electron chi connectivity index (χ2n) is 7.15. The van der Waals surface area contributed by atoms with Crippen LogP contribution in [-0.2, 0) is 0 Å². The lowest BCUT2D eigenvalue weighted by Gasteiger charge is -2.31. The average molecular weight is 253 g/mol. The minimum atomic E-state index is 0.622. The van der Waals surface area contributed by atoms with Crippen LogP contribution < -0.4 is 5.32 Å². The van der Waals surface area contributed by atoms with Gasteiger partial charge in [0.15, 0.2) is 0 Å². The molecule has 0 heterocycles. The molecule has 1 rings (SSSR count). The molecule has 0 aromatic heterocycles. The average Bonchev–Trinajstić information content (AvgIpc) is 2.28. The Labute approximate surface area is 115 Å². The first kappa shape index (κ1) is 16.0. The van der Waals surface area contributed by atoms with E-state index in [9.17, 15) is 0 Å². The zero-order valence-corrected chi connectivity index (χ0v) is 13.3.